The Morgan fingerprint density at radius 2 is 2.18 bits per heavy atom. The number of primary sulfonamides is 1. The molecule has 0 saturated heterocycles. The van der Waals surface area contributed by atoms with Crippen molar-refractivity contribution in [1.29, 1.82) is 0 Å². The van der Waals surface area contributed by atoms with Crippen LogP contribution in [0.5, 0.6) is 0 Å². The number of pyridine rings is 1. The molecule has 9 heteroatoms. The van der Waals surface area contributed by atoms with Crippen molar-refractivity contribution in [3.05, 3.63) is 30.5 Å². The van der Waals surface area contributed by atoms with Crippen LogP contribution in [0.4, 0.5) is 5.82 Å². The molecule has 116 valence electrons. The lowest BCUT2D eigenvalue weighted by Gasteiger charge is -2.07. The van der Waals surface area contributed by atoms with Gasteiger partial charge in [-0.25, -0.2) is 18.5 Å². The number of fused-ring (bicyclic) bond motifs is 1. The fourth-order valence-electron chi connectivity index (χ4n) is 2.13. The third-order valence-corrected chi connectivity index (χ3v) is 5.63. The zero-order valence-corrected chi connectivity index (χ0v) is 13.0. The molecule has 0 bridgehead atoms. The number of thiophene rings is 1. The Bertz CT molecular complexity index is 914. The third kappa shape index (κ3) is 2.83. The summed E-state index contributed by atoms with van der Waals surface area (Å²) in [6, 6.07) is 6.92. The number of nitrogens with two attached hydrogens (primary N) is 1. The minimum absolute atomic E-state index is 0.00561. The van der Waals surface area contributed by atoms with E-state index < -0.39 is 10.0 Å². The molecule has 0 radical (unpaired) electrons. The van der Waals surface area contributed by atoms with Crippen LogP contribution in [0.3, 0.4) is 0 Å². The van der Waals surface area contributed by atoms with E-state index in [0.29, 0.717) is 18.0 Å². The van der Waals surface area contributed by atoms with Crippen LogP contribution in [0, 0.1) is 0 Å². The highest BCUT2D eigenvalue weighted by molar-refractivity contribution is 7.91. The van der Waals surface area contributed by atoms with Gasteiger partial charge in [-0.2, -0.15) is 0 Å². The molecule has 0 atom stereocenters. The maximum Gasteiger partial charge on any atom is 0.247 e. The number of aromatic nitrogens is 2. The summed E-state index contributed by atoms with van der Waals surface area (Å²) in [5, 5.41) is 18.0. The van der Waals surface area contributed by atoms with Gasteiger partial charge in [0.05, 0.1) is 6.61 Å². The quantitative estimate of drug-likeness (QED) is 0.559. The number of anilines is 1. The van der Waals surface area contributed by atoms with E-state index in [1.807, 2.05) is 12.1 Å². The summed E-state index contributed by atoms with van der Waals surface area (Å²) in [6.45, 7) is 0.375. The summed E-state index contributed by atoms with van der Waals surface area (Å²) >= 11 is 1.11. The number of aromatic amines is 1. The first-order valence-electron chi connectivity index (χ1n) is 6.45. The van der Waals surface area contributed by atoms with Gasteiger partial charge in [-0.05, 0) is 24.3 Å². The Morgan fingerprint density at radius 3 is 2.86 bits per heavy atom. The van der Waals surface area contributed by atoms with Crippen molar-refractivity contribution in [2.24, 2.45) is 5.14 Å². The topological polar surface area (TPSA) is 121 Å². The van der Waals surface area contributed by atoms with E-state index in [4.69, 9.17) is 10.2 Å². The van der Waals surface area contributed by atoms with Gasteiger partial charge in [0, 0.05) is 28.6 Å². The molecule has 0 aliphatic carbocycles. The highest BCUT2D eigenvalue weighted by Crippen LogP contribution is 2.35. The van der Waals surface area contributed by atoms with E-state index in [1.54, 1.807) is 12.3 Å². The molecule has 0 aliphatic heterocycles. The Hall–Kier alpha value is -1.94. The van der Waals surface area contributed by atoms with Gasteiger partial charge in [0.2, 0.25) is 10.0 Å². The van der Waals surface area contributed by atoms with Gasteiger partial charge in [0.1, 0.15) is 15.7 Å². The predicted molar refractivity (Wildman–Crippen MR) is 86.4 cm³/mol. The second-order valence-electron chi connectivity index (χ2n) is 4.61. The van der Waals surface area contributed by atoms with Crippen molar-refractivity contribution in [2.75, 3.05) is 18.5 Å². The van der Waals surface area contributed by atoms with Crippen LogP contribution in [0.1, 0.15) is 0 Å². The van der Waals surface area contributed by atoms with Crippen LogP contribution in [0.25, 0.3) is 21.5 Å². The molecule has 5 N–H and O–H groups in total. The lowest BCUT2D eigenvalue weighted by Crippen LogP contribution is -2.09. The van der Waals surface area contributed by atoms with Crippen molar-refractivity contribution in [3.63, 3.8) is 0 Å². The van der Waals surface area contributed by atoms with E-state index in [1.165, 1.54) is 6.07 Å². The molecule has 3 aromatic rings. The van der Waals surface area contributed by atoms with Crippen LogP contribution < -0.4 is 10.5 Å². The summed E-state index contributed by atoms with van der Waals surface area (Å²) < 4.78 is 23.0. The zero-order valence-electron chi connectivity index (χ0n) is 11.4. The molecule has 0 amide bonds. The van der Waals surface area contributed by atoms with Crippen LogP contribution in [-0.4, -0.2) is 36.6 Å². The molecule has 3 aromatic heterocycles. The second kappa shape index (κ2) is 5.69. The van der Waals surface area contributed by atoms with E-state index in [0.717, 1.165) is 27.2 Å². The summed E-state index contributed by atoms with van der Waals surface area (Å²) in [7, 11) is -3.71. The number of aliphatic hydroxyl groups excluding tert-OH is 1. The Morgan fingerprint density at radius 1 is 1.36 bits per heavy atom. The molecule has 0 unspecified atom stereocenters. The summed E-state index contributed by atoms with van der Waals surface area (Å²) in [5.41, 5.74) is 1.54. The summed E-state index contributed by atoms with van der Waals surface area (Å²) in [6.07, 6.45) is 1.77. The Labute approximate surface area is 130 Å². The monoisotopic (exact) mass is 338 g/mol. The average molecular weight is 338 g/mol. The largest absolute Gasteiger partial charge is 0.395 e. The molecule has 0 spiro atoms. The molecule has 3 heterocycles. The lowest BCUT2D eigenvalue weighted by atomic mass is 10.1. The van der Waals surface area contributed by atoms with E-state index in [2.05, 4.69) is 15.3 Å². The summed E-state index contributed by atoms with van der Waals surface area (Å²) in [4.78, 5) is 8.21. The van der Waals surface area contributed by atoms with Crippen LogP contribution >= 0.6 is 11.3 Å². The van der Waals surface area contributed by atoms with Crippen molar-refractivity contribution >= 4 is 38.2 Å². The first-order valence-corrected chi connectivity index (χ1v) is 8.81. The highest BCUT2D eigenvalue weighted by Gasteiger charge is 2.15. The maximum atomic E-state index is 11.4. The molecule has 0 aliphatic rings. The van der Waals surface area contributed by atoms with Gasteiger partial charge in [-0.1, -0.05) is 0 Å². The Balaban J connectivity index is 2.12. The SMILES string of the molecule is NS(=O)(=O)c1ccc(-c2cc(NCCO)nc3[nH]ccc23)s1. The van der Waals surface area contributed by atoms with Gasteiger partial charge in [-0.3, -0.25) is 0 Å². The molecule has 7 nitrogen and oxygen atoms in total. The number of H-pyrrole nitrogens is 1. The van der Waals surface area contributed by atoms with E-state index >= 15 is 0 Å². The molecular formula is C13H14N4O3S2. The molecule has 22 heavy (non-hydrogen) atoms. The zero-order chi connectivity index (χ0) is 15.7. The number of hydrogen-bond donors (Lipinski definition) is 4. The van der Waals surface area contributed by atoms with E-state index in [9.17, 15) is 8.42 Å². The van der Waals surface area contributed by atoms with Gasteiger partial charge in [0.15, 0.2) is 0 Å². The molecular weight excluding hydrogens is 324 g/mol. The molecule has 3 rings (SSSR count). The number of rotatable bonds is 5. The molecule has 0 fully saturated rings. The number of sulfonamides is 1. The summed E-state index contributed by atoms with van der Waals surface area (Å²) in [5.74, 6) is 0.601. The number of nitrogens with one attached hydrogen (secondary N) is 2. The molecule has 0 aromatic carbocycles. The van der Waals surface area contributed by atoms with Gasteiger partial charge in [0.25, 0.3) is 0 Å². The lowest BCUT2D eigenvalue weighted by molar-refractivity contribution is 0.311. The normalized spacial score (nSPS) is 11.9. The minimum Gasteiger partial charge on any atom is -0.395 e. The fraction of sp³-hybridized carbons (Fsp3) is 0.154. The molecule has 0 saturated carbocycles. The third-order valence-electron chi connectivity index (χ3n) is 3.07. The van der Waals surface area contributed by atoms with Gasteiger partial charge >= 0.3 is 0 Å². The maximum absolute atomic E-state index is 11.4. The van der Waals surface area contributed by atoms with Gasteiger partial charge < -0.3 is 15.4 Å². The van der Waals surface area contributed by atoms with Crippen LogP contribution in [-0.2, 0) is 10.0 Å². The number of nitrogens with zero attached hydrogens (tertiary/aromatic N) is 1. The average Bonchev–Trinajstić information content (AvgIpc) is 3.12. The smallest absolute Gasteiger partial charge is 0.247 e. The first-order chi connectivity index (χ1) is 10.5. The van der Waals surface area contributed by atoms with Crippen molar-refractivity contribution in [3.8, 4) is 10.4 Å². The number of aliphatic hydroxyl groups is 1. The van der Waals surface area contributed by atoms with Crippen LogP contribution in [0.15, 0.2) is 34.7 Å². The first kappa shape index (κ1) is 15.0. The number of hydrogen-bond acceptors (Lipinski definition) is 6. The Kier molecular flexibility index (Phi) is 3.87. The van der Waals surface area contributed by atoms with Crippen molar-refractivity contribution in [2.45, 2.75) is 4.21 Å². The standard InChI is InChI=1S/C13H14N4O3S2/c14-22(19,20)12-2-1-10(21-12)9-7-11(15-5-6-18)17-13-8(9)3-4-16-13/h1-4,7,18H,5-6H2,(H2,14,19,20)(H2,15,16,17). The predicted octanol–water partition coefficient (Wildman–Crippen LogP) is 1.34. The van der Waals surface area contributed by atoms with E-state index in [-0.39, 0.29) is 10.8 Å². The van der Waals surface area contributed by atoms with Gasteiger partial charge in [-0.15, -0.1) is 11.3 Å². The minimum atomic E-state index is -3.71. The van der Waals surface area contributed by atoms with Crippen LogP contribution in [0.2, 0.25) is 0 Å². The fourth-order valence-corrected chi connectivity index (χ4v) is 3.89. The van der Waals surface area contributed by atoms with Crippen molar-refractivity contribution < 1.29 is 13.5 Å². The second-order valence-corrected chi connectivity index (χ2v) is 7.48. The highest BCUT2D eigenvalue weighted by atomic mass is 32.2. The van der Waals surface area contributed by atoms with Crippen molar-refractivity contribution in [1.82, 2.24) is 9.97 Å².